The molecule has 29 heavy (non-hydrogen) atoms. The predicted octanol–water partition coefficient (Wildman–Crippen LogP) is 1.43. The molecule has 0 aliphatic carbocycles. The number of halogens is 1. The van der Waals surface area contributed by atoms with Crippen LogP contribution in [0.2, 0.25) is 0 Å². The summed E-state index contributed by atoms with van der Waals surface area (Å²) >= 11 is 3.22. The molecule has 2 heterocycles. The molecule has 0 spiro atoms. The van der Waals surface area contributed by atoms with Crippen molar-refractivity contribution in [1.29, 1.82) is 0 Å². The lowest BCUT2D eigenvalue weighted by atomic mass is 10.2. The van der Waals surface area contributed by atoms with Crippen LogP contribution >= 0.6 is 15.9 Å². The number of hydrogen-bond acceptors (Lipinski definition) is 10. The van der Waals surface area contributed by atoms with Gasteiger partial charge in [0.1, 0.15) is 0 Å². The maximum absolute atomic E-state index is 12.5. The highest BCUT2D eigenvalue weighted by atomic mass is 79.9. The zero-order chi connectivity index (χ0) is 21.0. The maximum Gasteiger partial charge on any atom is 0.293 e. The number of aromatic nitrogens is 5. The van der Waals surface area contributed by atoms with Gasteiger partial charge in [0.25, 0.3) is 5.91 Å². The van der Waals surface area contributed by atoms with Gasteiger partial charge in [0.05, 0.1) is 23.5 Å². The molecule has 0 saturated carbocycles. The van der Waals surface area contributed by atoms with Gasteiger partial charge in [-0.15, -0.1) is 5.10 Å². The topological polar surface area (TPSA) is 167 Å². The second kappa shape index (κ2) is 8.68. The molecule has 0 unspecified atom stereocenters. The monoisotopic (exact) mass is 464 g/mol. The number of amides is 1. The molecule has 0 aliphatic rings. The molecule has 0 saturated heterocycles. The number of hydrogen-bond donors (Lipinski definition) is 3. The number of rotatable bonds is 7. The van der Waals surface area contributed by atoms with Crippen LogP contribution in [0, 0.1) is 0 Å². The first kappa shape index (κ1) is 20.3. The molecule has 0 aliphatic heterocycles. The van der Waals surface area contributed by atoms with Gasteiger partial charge in [-0.2, -0.15) is 9.78 Å². The number of nitrogens with zero attached hydrogens (tertiary/aromatic N) is 6. The van der Waals surface area contributed by atoms with Crippen molar-refractivity contribution >= 4 is 33.9 Å². The molecule has 12 nitrogen and oxygen atoms in total. The quantitative estimate of drug-likeness (QED) is 0.345. The maximum atomic E-state index is 12.5. The van der Waals surface area contributed by atoms with E-state index in [1.807, 2.05) is 6.92 Å². The lowest BCUT2D eigenvalue weighted by Crippen LogP contribution is -2.20. The van der Waals surface area contributed by atoms with E-state index in [1.165, 1.54) is 18.0 Å². The van der Waals surface area contributed by atoms with Crippen molar-refractivity contribution in [3.05, 3.63) is 33.6 Å². The minimum Gasteiger partial charge on any atom is -0.503 e. The van der Waals surface area contributed by atoms with Crippen LogP contribution in [0.25, 0.3) is 5.82 Å². The number of hydrazone groups is 1. The van der Waals surface area contributed by atoms with Gasteiger partial charge in [-0.3, -0.25) is 4.79 Å². The van der Waals surface area contributed by atoms with E-state index in [0.717, 1.165) is 6.42 Å². The van der Waals surface area contributed by atoms with E-state index in [4.69, 9.17) is 10.5 Å². The van der Waals surface area contributed by atoms with E-state index in [-0.39, 0.29) is 28.8 Å². The van der Waals surface area contributed by atoms with E-state index >= 15 is 0 Å². The largest absolute Gasteiger partial charge is 0.503 e. The highest BCUT2D eigenvalue weighted by molar-refractivity contribution is 9.10. The summed E-state index contributed by atoms with van der Waals surface area (Å²) < 4.78 is 11.4. The SMILES string of the molecule is CCCc1c(C(=O)N/N=C\c2cc(Br)c(O)c(OC)c2)nnn1-c1nonc1N. The van der Waals surface area contributed by atoms with E-state index in [0.29, 0.717) is 22.2 Å². The Balaban J connectivity index is 1.81. The summed E-state index contributed by atoms with van der Waals surface area (Å²) in [5, 5.41) is 28.8. The number of phenols is 1. The van der Waals surface area contributed by atoms with Gasteiger partial charge in [-0.05, 0) is 50.4 Å². The van der Waals surface area contributed by atoms with Crippen molar-refractivity contribution < 1.29 is 19.3 Å². The van der Waals surface area contributed by atoms with E-state index in [9.17, 15) is 9.90 Å². The highest BCUT2D eigenvalue weighted by Crippen LogP contribution is 2.34. The summed E-state index contributed by atoms with van der Waals surface area (Å²) in [5.74, 6) is -0.139. The first-order valence-corrected chi connectivity index (χ1v) is 9.18. The van der Waals surface area contributed by atoms with Gasteiger partial charge in [0.2, 0.25) is 11.6 Å². The van der Waals surface area contributed by atoms with Gasteiger partial charge in [0.15, 0.2) is 17.2 Å². The van der Waals surface area contributed by atoms with Gasteiger partial charge in [-0.1, -0.05) is 18.6 Å². The second-order valence-corrected chi connectivity index (χ2v) is 6.63. The number of methoxy groups -OCH3 is 1. The van der Waals surface area contributed by atoms with Crippen LogP contribution < -0.4 is 15.9 Å². The zero-order valence-corrected chi connectivity index (χ0v) is 17.0. The molecule has 0 radical (unpaired) electrons. The van der Waals surface area contributed by atoms with Gasteiger partial charge in [0, 0.05) is 0 Å². The van der Waals surface area contributed by atoms with E-state index in [2.05, 4.69) is 51.7 Å². The molecule has 1 aromatic carbocycles. The molecule has 152 valence electrons. The van der Waals surface area contributed by atoms with Crippen LogP contribution in [0.3, 0.4) is 0 Å². The van der Waals surface area contributed by atoms with Crippen LogP contribution in [0.4, 0.5) is 5.82 Å². The number of nitrogen functional groups attached to an aromatic ring is 1. The summed E-state index contributed by atoms with van der Waals surface area (Å²) in [5.41, 5.74) is 9.26. The molecule has 4 N–H and O–H groups in total. The Morgan fingerprint density at radius 2 is 2.28 bits per heavy atom. The van der Waals surface area contributed by atoms with Gasteiger partial charge in [-0.25, -0.2) is 10.1 Å². The molecule has 1 amide bonds. The van der Waals surface area contributed by atoms with Crippen molar-refractivity contribution in [2.45, 2.75) is 19.8 Å². The minimum atomic E-state index is -0.559. The summed E-state index contributed by atoms with van der Waals surface area (Å²) in [4.78, 5) is 12.5. The van der Waals surface area contributed by atoms with Crippen molar-refractivity contribution in [2.24, 2.45) is 5.10 Å². The van der Waals surface area contributed by atoms with Crippen molar-refractivity contribution in [3.63, 3.8) is 0 Å². The molecular formula is C16H17BrN8O4. The molecule has 2 aromatic heterocycles. The Hall–Kier alpha value is -3.48. The third-order valence-electron chi connectivity index (χ3n) is 3.81. The second-order valence-electron chi connectivity index (χ2n) is 5.77. The first-order chi connectivity index (χ1) is 14.0. The third kappa shape index (κ3) is 4.18. The van der Waals surface area contributed by atoms with Crippen LogP contribution in [0.15, 0.2) is 26.3 Å². The van der Waals surface area contributed by atoms with Crippen molar-refractivity contribution in [2.75, 3.05) is 12.8 Å². The number of anilines is 1. The van der Waals surface area contributed by atoms with Gasteiger partial charge >= 0.3 is 0 Å². The van der Waals surface area contributed by atoms with Crippen LogP contribution in [-0.4, -0.2) is 49.6 Å². The molecule has 3 rings (SSSR count). The predicted molar refractivity (Wildman–Crippen MR) is 105 cm³/mol. The molecule has 0 bridgehead atoms. The van der Waals surface area contributed by atoms with E-state index < -0.39 is 5.91 Å². The third-order valence-corrected chi connectivity index (χ3v) is 4.42. The summed E-state index contributed by atoms with van der Waals surface area (Å²) in [6.45, 7) is 1.94. The Kier molecular flexibility index (Phi) is 6.07. The number of carbonyl (C=O) groups excluding carboxylic acids is 1. The number of aromatic hydroxyl groups is 1. The average Bonchev–Trinajstić information content (AvgIpc) is 3.30. The highest BCUT2D eigenvalue weighted by Gasteiger charge is 2.23. The molecule has 13 heteroatoms. The molecule has 3 aromatic rings. The number of nitrogens with two attached hydrogens (primary N) is 1. The van der Waals surface area contributed by atoms with Gasteiger partial charge < -0.3 is 15.6 Å². The number of ether oxygens (including phenoxy) is 1. The average molecular weight is 465 g/mol. The lowest BCUT2D eigenvalue weighted by molar-refractivity contribution is 0.0949. The smallest absolute Gasteiger partial charge is 0.293 e. The standard InChI is InChI=1S/C16H17BrN8O4/c1-3-4-10-12(20-24-25(10)15-14(18)22-29-23-15)16(27)21-19-7-8-5-9(17)13(26)11(6-8)28-2/h5-7,26H,3-4H2,1-2H3,(H2,18,22)(H,21,27)/b19-7-. The minimum absolute atomic E-state index is 0.0314. The fourth-order valence-electron chi connectivity index (χ4n) is 2.49. The number of nitrogens with one attached hydrogen (secondary N) is 1. The Morgan fingerprint density at radius 3 is 2.93 bits per heavy atom. The number of benzene rings is 1. The molecular weight excluding hydrogens is 448 g/mol. The summed E-state index contributed by atoms with van der Waals surface area (Å²) in [7, 11) is 1.43. The molecule has 0 atom stereocenters. The Morgan fingerprint density at radius 1 is 1.48 bits per heavy atom. The number of carbonyl (C=O) groups is 1. The van der Waals surface area contributed by atoms with Crippen molar-refractivity contribution in [1.82, 2.24) is 30.7 Å². The lowest BCUT2D eigenvalue weighted by Gasteiger charge is -2.06. The normalized spacial score (nSPS) is 11.1. The summed E-state index contributed by atoms with van der Waals surface area (Å²) in [6.07, 6.45) is 2.62. The van der Waals surface area contributed by atoms with Crippen LogP contribution in [0.1, 0.15) is 35.1 Å². The Labute approximate surface area is 172 Å². The fraction of sp³-hybridized carbons (Fsp3) is 0.250. The first-order valence-electron chi connectivity index (χ1n) is 8.39. The zero-order valence-electron chi connectivity index (χ0n) is 15.5. The van der Waals surface area contributed by atoms with Crippen LogP contribution in [0.5, 0.6) is 11.5 Å². The molecule has 0 fully saturated rings. The Bertz CT molecular complexity index is 1060. The summed E-state index contributed by atoms with van der Waals surface area (Å²) in [6, 6.07) is 3.18. The number of phenolic OH excluding ortho intramolecular Hbond substituents is 1. The fourth-order valence-corrected chi connectivity index (χ4v) is 2.95. The van der Waals surface area contributed by atoms with Crippen molar-refractivity contribution in [3.8, 4) is 17.3 Å². The van der Waals surface area contributed by atoms with E-state index in [1.54, 1.807) is 12.1 Å². The van der Waals surface area contributed by atoms with Crippen LogP contribution in [-0.2, 0) is 6.42 Å².